The third kappa shape index (κ3) is 4.05. The highest BCUT2D eigenvalue weighted by molar-refractivity contribution is 7.99. The van der Waals surface area contributed by atoms with Gasteiger partial charge in [0, 0.05) is 12.4 Å². The van der Waals surface area contributed by atoms with E-state index in [-0.39, 0.29) is 17.8 Å². The Kier molecular flexibility index (Phi) is 5.57. The quantitative estimate of drug-likeness (QED) is 0.595. The van der Waals surface area contributed by atoms with E-state index in [1.54, 1.807) is 24.1 Å². The normalized spacial score (nSPS) is 12.2. The van der Waals surface area contributed by atoms with Gasteiger partial charge in [-0.05, 0) is 49.2 Å². The van der Waals surface area contributed by atoms with Crippen LogP contribution in [0.25, 0.3) is 10.9 Å². The maximum absolute atomic E-state index is 13.1. The Morgan fingerprint density at radius 1 is 1.19 bits per heavy atom. The van der Waals surface area contributed by atoms with Crippen molar-refractivity contribution in [3.8, 4) is 0 Å². The van der Waals surface area contributed by atoms with E-state index in [1.165, 1.54) is 23.9 Å². The number of carbonyl (C=O) groups is 1. The van der Waals surface area contributed by atoms with Crippen LogP contribution in [0.3, 0.4) is 0 Å². The summed E-state index contributed by atoms with van der Waals surface area (Å²) in [7, 11) is 1.77. The monoisotopic (exact) mass is 368 g/mol. The Morgan fingerprint density at radius 2 is 1.88 bits per heavy atom. The lowest BCUT2D eigenvalue weighted by molar-refractivity contribution is -0.128. The molecule has 1 atom stereocenters. The molecule has 26 heavy (non-hydrogen) atoms. The first-order valence-electron chi connectivity index (χ1n) is 8.46. The van der Waals surface area contributed by atoms with Crippen molar-refractivity contribution in [3.05, 3.63) is 71.5 Å². The van der Waals surface area contributed by atoms with Crippen LogP contribution in [0.15, 0.2) is 59.6 Å². The molecule has 0 aliphatic heterocycles. The van der Waals surface area contributed by atoms with Crippen molar-refractivity contribution < 1.29 is 9.18 Å². The lowest BCUT2D eigenvalue weighted by atomic mass is 10.1. The van der Waals surface area contributed by atoms with E-state index in [0.717, 1.165) is 27.1 Å². The largest absolute Gasteiger partial charge is 0.338 e. The number of aryl methyl sites for hydroxylation is 1. The van der Waals surface area contributed by atoms with Crippen molar-refractivity contribution in [1.29, 1.82) is 0 Å². The molecule has 1 aromatic heterocycles. The first-order valence-corrected chi connectivity index (χ1v) is 9.44. The van der Waals surface area contributed by atoms with Gasteiger partial charge in [0.25, 0.3) is 0 Å². The van der Waals surface area contributed by atoms with Crippen LogP contribution in [-0.4, -0.2) is 28.6 Å². The van der Waals surface area contributed by atoms with Crippen molar-refractivity contribution in [2.45, 2.75) is 24.9 Å². The zero-order valence-electron chi connectivity index (χ0n) is 15.1. The summed E-state index contributed by atoms with van der Waals surface area (Å²) in [6, 6.07) is 16.2. The average molecular weight is 368 g/mol. The molecule has 0 N–H and O–H groups in total. The van der Waals surface area contributed by atoms with Crippen LogP contribution >= 0.6 is 11.8 Å². The Balaban J connectivity index is 1.67. The number of hydrogen-bond donors (Lipinski definition) is 0. The number of hydrogen-bond acceptors (Lipinski definition) is 3. The van der Waals surface area contributed by atoms with E-state index in [1.807, 2.05) is 31.2 Å². The number of pyridine rings is 1. The molecule has 134 valence electrons. The molecule has 0 aliphatic carbocycles. The minimum atomic E-state index is -0.275. The number of para-hydroxylation sites is 1. The zero-order chi connectivity index (χ0) is 18.7. The third-order valence-corrected chi connectivity index (χ3v) is 5.47. The summed E-state index contributed by atoms with van der Waals surface area (Å²) in [5.74, 6) is 0.0509. The van der Waals surface area contributed by atoms with Crippen LogP contribution in [0.1, 0.15) is 24.1 Å². The summed E-state index contributed by atoms with van der Waals surface area (Å²) < 4.78 is 13.1. The lowest BCUT2D eigenvalue weighted by Crippen LogP contribution is -2.31. The van der Waals surface area contributed by atoms with Gasteiger partial charge in [-0.25, -0.2) is 9.37 Å². The SMILES string of the molecule is Cc1cc(SCC(=O)N(C)C(C)c2ccc(F)cc2)nc2ccccc12. The van der Waals surface area contributed by atoms with Gasteiger partial charge in [-0.2, -0.15) is 0 Å². The van der Waals surface area contributed by atoms with Crippen LogP contribution in [0.4, 0.5) is 4.39 Å². The van der Waals surface area contributed by atoms with Gasteiger partial charge < -0.3 is 4.90 Å². The molecule has 0 saturated heterocycles. The zero-order valence-corrected chi connectivity index (χ0v) is 15.9. The lowest BCUT2D eigenvalue weighted by Gasteiger charge is -2.25. The second-order valence-corrected chi connectivity index (χ2v) is 7.31. The Labute approximate surface area is 157 Å². The molecule has 1 amide bonds. The standard InChI is InChI=1S/C21H21FN2OS/c1-14-12-20(23-19-7-5-4-6-18(14)19)26-13-21(25)24(3)15(2)16-8-10-17(22)11-9-16/h4-12,15H,13H2,1-3H3. The number of nitrogens with zero attached hydrogens (tertiary/aromatic N) is 2. The van der Waals surface area contributed by atoms with E-state index >= 15 is 0 Å². The van der Waals surface area contributed by atoms with Crippen LogP contribution in [0, 0.1) is 12.7 Å². The molecule has 3 nitrogen and oxygen atoms in total. The Morgan fingerprint density at radius 3 is 2.62 bits per heavy atom. The highest BCUT2D eigenvalue weighted by Gasteiger charge is 2.18. The summed E-state index contributed by atoms with van der Waals surface area (Å²) in [4.78, 5) is 18.9. The molecule has 1 heterocycles. The van der Waals surface area contributed by atoms with Crippen molar-refractivity contribution in [1.82, 2.24) is 9.88 Å². The minimum absolute atomic E-state index is 0.0134. The van der Waals surface area contributed by atoms with E-state index in [4.69, 9.17) is 0 Å². The van der Waals surface area contributed by atoms with Gasteiger partial charge in [-0.1, -0.05) is 42.1 Å². The number of rotatable bonds is 5. The van der Waals surface area contributed by atoms with Gasteiger partial charge in [0.15, 0.2) is 0 Å². The molecule has 0 fully saturated rings. The molecule has 0 saturated carbocycles. The fourth-order valence-corrected chi connectivity index (χ4v) is 3.71. The summed E-state index contributed by atoms with van der Waals surface area (Å²) in [5, 5.41) is 1.97. The summed E-state index contributed by atoms with van der Waals surface area (Å²) in [6.45, 7) is 3.99. The first-order chi connectivity index (χ1) is 12.5. The second kappa shape index (κ2) is 7.87. The Bertz CT molecular complexity index is 927. The summed E-state index contributed by atoms with van der Waals surface area (Å²) in [5.41, 5.74) is 3.00. The Hall–Kier alpha value is -2.40. The van der Waals surface area contributed by atoms with Gasteiger partial charge in [0.2, 0.25) is 5.91 Å². The van der Waals surface area contributed by atoms with E-state index in [9.17, 15) is 9.18 Å². The van der Waals surface area contributed by atoms with Crippen LogP contribution in [-0.2, 0) is 4.79 Å². The topological polar surface area (TPSA) is 33.2 Å². The van der Waals surface area contributed by atoms with Crippen molar-refractivity contribution in [2.24, 2.45) is 0 Å². The maximum atomic E-state index is 13.1. The summed E-state index contributed by atoms with van der Waals surface area (Å²) >= 11 is 1.44. The number of thioether (sulfide) groups is 1. The maximum Gasteiger partial charge on any atom is 0.233 e. The highest BCUT2D eigenvalue weighted by Crippen LogP contribution is 2.25. The molecule has 0 aliphatic rings. The predicted molar refractivity (Wildman–Crippen MR) is 105 cm³/mol. The smallest absolute Gasteiger partial charge is 0.233 e. The molecule has 1 unspecified atom stereocenters. The van der Waals surface area contributed by atoms with E-state index in [0.29, 0.717) is 5.75 Å². The molecule has 3 rings (SSSR count). The third-order valence-electron chi connectivity index (χ3n) is 4.57. The highest BCUT2D eigenvalue weighted by atomic mass is 32.2. The van der Waals surface area contributed by atoms with Crippen LogP contribution in [0.2, 0.25) is 0 Å². The average Bonchev–Trinajstić information content (AvgIpc) is 2.65. The first kappa shape index (κ1) is 18.4. The van der Waals surface area contributed by atoms with E-state index in [2.05, 4.69) is 18.0 Å². The molecule has 0 bridgehead atoms. The fourth-order valence-electron chi connectivity index (χ4n) is 2.81. The van der Waals surface area contributed by atoms with Crippen molar-refractivity contribution in [3.63, 3.8) is 0 Å². The van der Waals surface area contributed by atoms with Crippen LogP contribution in [0.5, 0.6) is 0 Å². The minimum Gasteiger partial charge on any atom is -0.338 e. The van der Waals surface area contributed by atoms with Gasteiger partial charge in [-0.3, -0.25) is 4.79 Å². The number of benzene rings is 2. The van der Waals surface area contributed by atoms with Crippen LogP contribution < -0.4 is 0 Å². The molecular formula is C21H21FN2OS. The molecular weight excluding hydrogens is 347 g/mol. The van der Waals surface area contributed by atoms with Gasteiger partial charge in [0.1, 0.15) is 5.82 Å². The van der Waals surface area contributed by atoms with E-state index < -0.39 is 0 Å². The molecule has 2 aromatic carbocycles. The van der Waals surface area contributed by atoms with Crippen molar-refractivity contribution in [2.75, 3.05) is 12.8 Å². The van der Waals surface area contributed by atoms with Gasteiger partial charge >= 0.3 is 0 Å². The molecule has 0 spiro atoms. The van der Waals surface area contributed by atoms with Crippen molar-refractivity contribution >= 4 is 28.6 Å². The number of amides is 1. The number of halogens is 1. The van der Waals surface area contributed by atoms with Gasteiger partial charge in [-0.15, -0.1) is 0 Å². The molecule has 3 aromatic rings. The molecule has 5 heteroatoms. The number of carbonyl (C=O) groups excluding carboxylic acids is 1. The second-order valence-electron chi connectivity index (χ2n) is 6.32. The summed E-state index contributed by atoms with van der Waals surface area (Å²) in [6.07, 6.45) is 0. The van der Waals surface area contributed by atoms with Gasteiger partial charge in [0.05, 0.1) is 22.3 Å². The number of fused-ring (bicyclic) bond motifs is 1. The molecule has 0 radical (unpaired) electrons. The fraction of sp³-hybridized carbons (Fsp3) is 0.238. The predicted octanol–water partition coefficient (Wildman–Crippen LogP) is 4.99. The number of aromatic nitrogens is 1.